The highest BCUT2D eigenvalue weighted by Crippen LogP contribution is 2.45. The van der Waals surface area contributed by atoms with Crippen LogP contribution in [-0.2, 0) is 19.6 Å². The maximum absolute atomic E-state index is 13.1. The number of aromatic nitrogens is 1. The van der Waals surface area contributed by atoms with Crippen molar-refractivity contribution in [3.05, 3.63) is 67.3 Å². The molecule has 1 aromatic heterocycles. The van der Waals surface area contributed by atoms with E-state index in [1.54, 1.807) is 13.2 Å². The highest BCUT2D eigenvalue weighted by Gasteiger charge is 2.61. The standard InChI is InChI=1S/C31H34N4O6S/c1-3-20-17-31(20,30(37)35-42(38,39)24-10-11-24)34-29(36)14-21-13-23(18-32-21)41-28-16-26(19-7-5-4-6-8-19)33-27-15-22(40-2)9-12-25(27)28/h3-9,12,15-16,20-21,23-24,32H,1,10-11,13-14,17-18H2,2H3,(H,34,36)(H,35,37)/t20-,21+,23-,31-/m1/s1. The first-order valence-corrected chi connectivity index (χ1v) is 15.7. The van der Waals surface area contributed by atoms with Gasteiger partial charge in [0.2, 0.25) is 15.9 Å². The largest absolute Gasteiger partial charge is 0.497 e. The molecule has 1 aliphatic heterocycles. The summed E-state index contributed by atoms with van der Waals surface area (Å²) in [6, 6.07) is 17.3. The van der Waals surface area contributed by atoms with Gasteiger partial charge in [0, 0.05) is 54.4 Å². The van der Waals surface area contributed by atoms with Gasteiger partial charge in [0.15, 0.2) is 0 Å². The molecule has 0 radical (unpaired) electrons. The SMILES string of the molecule is C=C[C@@H]1C[C@]1(NC(=O)C[C@@H]1C[C@@H](Oc2cc(-c3ccccc3)nc3cc(OC)ccc23)CN1)C(=O)NS(=O)(=O)C1CC1. The van der Waals surface area contributed by atoms with E-state index in [1.165, 1.54) is 0 Å². The van der Waals surface area contributed by atoms with Gasteiger partial charge in [-0.3, -0.25) is 14.3 Å². The molecule has 11 heteroatoms. The molecule has 0 unspecified atom stereocenters. The third kappa shape index (κ3) is 5.71. The Balaban J connectivity index is 1.12. The van der Waals surface area contributed by atoms with Gasteiger partial charge in [-0.2, -0.15) is 0 Å². The third-order valence-electron chi connectivity index (χ3n) is 8.22. The molecule has 2 aliphatic carbocycles. The number of rotatable bonds is 11. The van der Waals surface area contributed by atoms with E-state index in [4.69, 9.17) is 14.5 Å². The zero-order valence-electron chi connectivity index (χ0n) is 23.3. The van der Waals surface area contributed by atoms with E-state index in [9.17, 15) is 18.0 Å². The molecule has 10 nitrogen and oxygen atoms in total. The van der Waals surface area contributed by atoms with Gasteiger partial charge in [-0.05, 0) is 31.4 Å². The van der Waals surface area contributed by atoms with Crippen molar-refractivity contribution in [2.75, 3.05) is 13.7 Å². The minimum absolute atomic E-state index is 0.123. The maximum atomic E-state index is 13.1. The lowest BCUT2D eigenvalue weighted by atomic mass is 10.1. The highest BCUT2D eigenvalue weighted by molar-refractivity contribution is 7.91. The second-order valence-electron chi connectivity index (χ2n) is 11.3. The van der Waals surface area contributed by atoms with Crippen molar-refractivity contribution in [2.45, 2.75) is 55.0 Å². The van der Waals surface area contributed by atoms with Gasteiger partial charge in [-0.15, -0.1) is 6.58 Å². The number of ether oxygens (including phenoxy) is 2. The molecule has 0 bridgehead atoms. The van der Waals surface area contributed by atoms with Crippen LogP contribution in [-0.4, -0.2) is 61.8 Å². The lowest BCUT2D eigenvalue weighted by Crippen LogP contribution is -2.53. The summed E-state index contributed by atoms with van der Waals surface area (Å²) in [5.41, 5.74) is 1.22. The predicted octanol–water partition coefficient (Wildman–Crippen LogP) is 3.08. The van der Waals surface area contributed by atoms with Crippen LogP contribution in [0.3, 0.4) is 0 Å². The molecule has 6 rings (SSSR count). The van der Waals surface area contributed by atoms with E-state index in [2.05, 4.69) is 21.9 Å². The topological polar surface area (TPSA) is 136 Å². The molecule has 2 heterocycles. The van der Waals surface area contributed by atoms with Gasteiger partial charge in [-0.25, -0.2) is 13.4 Å². The van der Waals surface area contributed by atoms with E-state index in [-0.39, 0.29) is 30.4 Å². The molecule has 3 aromatic rings. The summed E-state index contributed by atoms with van der Waals surface area (Å²) >= 11 is 0. The van der Waals surface area contributed by atoms with Gasteiger partial charge in [-0.1, -0.05) is 36.4 Å². The summed E-state index contributed by atoms with van der Waals surface area (Å²) in [6.07, 6.45) is 3.50. The van der Waals surface area contributed by atoms with E-state index in [0.717, 1.165) is 22.2 Å². The molecular formula is C31H34N4O6S. The van der Waals surface area contributed by atoms with Crippen LogP contribution in [0.2, 0.25) is 0 Å². The van der Waals surface area contributed by atoms with E-state index >= 15 is 0 Å². The van der Waals surface area contributed by atoms with Crippen molar-refractivity contribution in [1.29, 1.82) is 0 Å². The molecule has 3 N–H and O–H groups in total. The van der Waals surface area contributed by atoms with Gasteiger partial charge < -0.3 is 20.1 Å². The fourth-order valence-electron chi connectivity index (χ4n) is 5.60. The molecule has 2 amide bonds. The van der Waals surface area contributed by atoms with Gasteiger partial charge in [0.25, 0.3) is 5.91 Å². The smallest absolute Gasteiger partial charge is 0.259 e. The Morgan fingerprint density at radius 2 is 1.95 bits per heavy atom. The van der Waals surface area contributed by atoms with Crippen molar-refractivity contribution >= 4 is 32.7 Å². The summed E-state index contributed by atoms with van der Waals surface area (Å²) in [5, 5.41) is 6.50. The van der Waals surface area contributed by atoms with Crippen LogP contribution in [0.1, 0.15) is 32.1 Å². The number of hydrogen-bond donors (Lipinski definition) is 3. The lowest BCUT2D eigenvalue weighted by molar-refractivity contribution is -0.129. The normalized spacial score (nSPS) is 25.0. The molecule has 220 valence electrons. The van der Waals surface area contributed by atoms with Gasteiger partial charge in [0.1, 0.15) is 23.1 Å². The fourth-order valence-corrected chi connectivity index (χ4v) is 6.97. The Hall–Kier alpha value is -3.96. The average Bonchev–Trinajstić information content (AvgIpc) is 3.91. The van der Waals surface area contributed by atoms with Gasteiger partial charge in [0.05, 0.1) is 23.6 Å². The van der Waals surface area contributed by atoms with E-state index in [1.807, 2.05) is 54.6 Å². The Morgan fingerprint density at radius 3 is 2.64 bits per heavy atom. The minimum Gasteiger partial charge on any atom is -0.497 e. The van der Waals surface area contributed by atoms with E-state index in [0.29, 0.717) is 43.7 Å². The number of sulfonamides is 1. The zero-order valence-corrected chi connectivity index (χ0v) is 24.2. The van der Waals surface area contributed by atoms with Crippen molar-refractivity contribution < 1.29 is 27.5 Å². The molecular weight excluding hydrogens is 556 g/mol. The number of carbonyl (C=O) groups is 2. The monoisotopic (exact) mass is 590 g/mol. The number of fused-ring (bicyclic) bond motifs is 1. The molecule has 0 spiro atoms. The molecule has 2 saturated carbocycles. The average molecular weight is 591 g/mol. The summed E-state index contributed by atoms with van der Waals surface area (Å²) < 4.78 is 38.7. The summed E-state index contributed by atoms with van der Waals surface area (Å²) in [7, 11) is -2.11. The highest BCUT2D eigenvalue weighted by atomic mass is 32.2. The molecule has 1 saturated heterocycles. The van der Waals surface area contributed by atoms with Crippen LogP contribution in [0.4, 0.5) is 0 Å². The third-order valence-corrected chi connectivity index (χ3v) is 10.0. The zero-order chi connectivity index (χ0) is 29.5. The second kappa shape index (κ2) is 11.0. The number of carbonyl (C=O) groups excluding carboxylic acids is 2. The Morgan fingerprint density at radius 1 is 1.17 bits per heavy atom. The molecule has 42 heavy (non-hydrogen) atoms. The maximum Gasteiger partial charge on any atom is 0.259 e. The van der Waals surface area contributed by atoms with Crippen molar-refractivity contribution in [2.24, 2.45) is 5.92 Å². The lowest BCUT2D eigenvalue weighted by Gasteiger charge is -2.20. The summed E-state index contributed by atoms with van der Waals surface area (Å²) in [4.78, 5) is 30.8. The summed E-state index contributed by atoms with van der Waals surface area (Å²) in [5.74, 6) is 0.0530. The van der Waals surface area contributed by atoms with Crippen LogP contribution in [0.25, 0.3) is 22.2 Å². The number of hydrogen-bond acceptors (Lipinski definition) is 8. The van der Waals surface area contributed by atoms with Crippen LogP contribution < -0.4 is 24.8 Å². The first kappa shape index (κ1) is 28.2. The van der Waals surface area contributed by atoms with Crippen LogP contribution in [0.5, 0.6) is 11.5 Å². The number of benzene rings is 2. The van der Waals surface area contributed by atoms with Crippen LogP contribution >= 0.6 is 0 Å². The minimum atomic E-state index is -3.72. The Labute approximate surface area is 244 Å². The van der Waals surface area contributed by atoms with Crippen molar-refractivity contribution in [3.8, 4) is 22.8 Å². The van der Waals surface area contributed by atoms with Crippen molar-refractivity contribution in [1.82, 2.24) is 20.3 Å². The molecule has 3 fully saturated rings. The Bertz CT molecular complexity index is 1640. The van der Waals surface area contributed by atoms with Crippen LogP contribution in [0.15, 0.2) is 67.3 Å². The Kier molecular flexibility index (Phi) is 7.40. The van der Waals surface area contributed by atoms with Crippen LogP contribution in [0, 0.1) is 5.92 Å². The first-order valence-electron chi connectivity index (χ1n) is 14.1. The number of nitrogens with one attached hydrogen (secondary N) is 3. The number of pyridine rings is 1. The molecule has 3 aliphatic rings. The summed E-state index contributed by atoms with van der Waals surface area (Å²) in [6.45, 7) is 4.28. The van der Waals surface area contributed by atoms with Crippen molar-refractivity contribution in [3.63, 3.8) is 0 Å². The van der Waals surface area contributed by atoms with Gasteiger partial charge >= 0.3 is 0 Å². The number of methoxy groups -OCH3 is 1. The second-order valence-corrected chi connectivity index (χ2v) is 13.2. The number of amides is 2. The molecule has 4 atom stereocenters. The van der Waals surface area contributed by atoms with E-state index < -0.39 is 26.7 Å². The quantitative estimate of drug-likeness (QED) is 0.290. The number of nitrogens with zero attached hydrogens (tertiary/aromatic N) is 1. The fraction of sp³-hybridized carbons (Fsp3) is 0.387. The first-order chi connectivity index (χ1) is 20.2. The predicted molar refractivity (Wildman–Crippen MR) is 158 cm³/mol. The molecule has 2 aromatic carbocycles.